The molecule has 0 bridgehead atoms. The Morgan fingerprint density at radius 1 is 1.25 bits per heavy atom. The van der Waals surface area contributed by atoms with Crippen LogP contribution < -0.4 is 16.6 Å². The van der Waals surface area contributed by atoms with Crippen molar-refractivity contribution in [3.8, 4) is 0 Å². The van der Waals surface area contributed by atoms with E-state index in [1.165, 1.54) is 19.3 Å². The summed E-state index contributed by atoms with van der Waals surface area (Å²) < 4.78 is 0. The van der Waals surface area contributed by atoms with Crippen molar-refractivity contribution in [1.29, 1.82) is 0 Å². The Morgan fingerprint density at radius 3 is 2.56 bits per heavy atom. The normalized spacial score (nSPS) is 11.9. The maximum Gasteiger partial charge on any atom is 0.205 e. The molecule has 0 heterocycles. The highest BCUT2D eigenvalue weighted by Gasteiger charge is 1.95. The lowest BCUT2D eigenvalue weighted by molar-refractivity contribution is 0.541. The van der Waals surface area contributed by atoms with Crippen LogP contribution >= 0.6 is 0 Å². The van der Waals surface area contributed by atoms with Crippen LogP contribution in [0.3, 0.4) is 0 Å². The van der Waals surface area contributed by atoms with E-state index >= 15 is 0 Å². The molecule has 0 atom stereocenters. The lowest BCUT2D eigenvalue weighted by Crippen LogP contribution is -2.42. The summed E-state index contributed by atoms with van der Waals surface area (Å²) in [5.41, 5.74) is 2.60. The number of rotatable bonds is 8. The van der Waals surface area contributed by atoms with Crippen LogP contribution in [0.4, 0.5) is 0 Å². The SMILES string of the molecule is CCCCNC(=NCCCCC(C)C)NN. The van der Waals surface area contributed by atoms with E-state index in [4.69, 9.17) is 5.84 Å². The fourth-order valence-electron chi connectivity index (χ4n) is 1.39. The first-order valence-electron chi connectivity index (χ1n) is 6.45. The van der Waals surface area contributed by atoms with Gasteiger partial charge in [-0.3, -0.25) is 10.4 Å². The molecule has 4 N–H and O–H groups in total. The van der Waals surface area contributed by atoms with Crippen LogP contribution in [0.5, 0.6) is 0 Å². The standard InChI is InChI=1S/C12H28N4/c1-4-5-9-14-12(16-13)15-10-7-6-8-11(2)3/h11H,4-10,13H2,1-3H3,(H2,14,15,16). The number of unbranched alkanes of at least 4 members (excludes halogenated alkanes) is 2. The van der Waals surface area contributed by atoms with E-state index in [9.17, 15) is 0 Å². The van der Waals surface area contributed by atoms with E-state index in [2.05, 4.69) is 36.5 Å². The zero-order chi connectivity index (χ0) is 12.2. The van der Waals surface area contributed by atoms with Crippen LogP contribution in [-0.2, 0) is 0 Å². The molecule has 0 aromatic carbocycles. The summed E-state index contributed by atoms with van der Waals surface area (Å²) in [7, 11) is 0. The van der Waals surface area contributed by atoms with Crippen LogP contribution in [0.25, 0.3) is 0 Å². The van der Waals surface area contributed by atoms with Gasteiger partial charge in [0.25, 0.3) is 0 Å². The van der Waals surface area contributed by atoms with Crippen LogP contribution in [0.2, 0.25) is 0 Å². The molecule has 0 unspecified atom stereocenters. The number of nitrogens with one attached hydrogen (secondary N) is 2. The smallest absolute Gasteiger partial charge is 0.205 e. The first-order chi connectivity index (χ1) is 7.70. The summed E-state index contributed by atoms with van der Waals surface area (Å²) in [5.74, 6) is 6.89. The molecular weight excluding hydrogens is 200 g/mol. The molecule has 0 saturated heterocycles. The average Bonchev–Trinajstić information content (AvgIpc) is 2.26. The molecule has 16 heavy (non-hydrogen) atoms. The summed E-state index contributed by atoms with van der Waals surface area (Å²) >= 11 is 0. The maximum atomic E-state index is 5.37. The molecule has 4 heteroatoms. The highest BCUT2D eigenvalue weighted by atomic mass is 15.3. The number of aliphatic imine (C=N–C) groups is 1. The predicted molar refractivity (Wildman–Crippen MR) is 71.2 cm³/mol. The third-order valence-electron chi connectivity index (χ3n) is 2.42. The van der Waals surface area contributed by atoms with Crippen molar-refractivity contribution in [3.63, 3.8) is 0 Å². The molecule has 4 nitrogen and oxygen atoms in total. The Balaban J connectivity index is 3.55. The van der Waals surface area contributed by atoms with Crippen molar-refractivity contribution < 1.29 is 0 Å². The van der Waals surface area contributed by atoms with Gasteiger partial charge in [-0.15, -0.1) is 0 Å². The molecule has 96 valence electrons. The Morgan fingerprint density at radius 2 is 2.00 bits per heavy atom. The van der Waals surface area contributed by atoms with E-state index in [1.807, 2.05) is 0 Å². The fourth-order valence-corrected chi connectivity index (χ4v) is 1.39. The van der Waals surface area contributed by atoms with Gasteiger partial charge >= 0.3 is 0 Å². The number of nitrogens with two attached hydrogens (primary N) is 1. The van der Waals surface area contributed by atoms with Gasteiger partial charge in [0.15, 0.2) is 0 Å². The number of nitrogens with zero attached hydrogens (tertiary/aromatic N) is 1. The molecule has 0 aliphatic carbocycles. The maximum absolute atomic E-state index is 5.37. The molecule has 0 aromatic rings. The number of guanidine groups is 1. The number of hydrogen-bond acceptors (Lipinski definition) is 2. The molecule has 0 spiro atoms. The molecule has 0 aliphatic heterocycles. The summed E-state index contributed by atoms with van der Waals surface area (Å²) in [6.07, 6.45) is 5.99. The quantitative estimate of drug-likeness (QED) is 0.196. The van der Waals surface area contributed by atoms with Gasteiger partial charge in [-0.2, -0.15) is 0 Å². The van der Waals surface area contributed by atoms with Gasteiger partial charge in [0.2, 0.25) is 5.96 Å². The van der Waals surface area contributed by atoms with Crippen molar-refractivity contribution in [2.75, 3.05) is 13.1 Å². The Kier molecular flexibility index (Phi) is 10.2. The largest absolute Gasteiger partial charge is 0.355 e. The zero-order valence-electron chi connectivity index (χ0n) is 11.1. The molecule has 0 radical (unpaired) electrons. The van der Waals surface area contributed by atoms with Crippen molar-refractivity contribution in [2.24, 2.45) is 16.8 Å². The first kappa shape index (κ1) is 15.2. The van der Waals surface area contributed by atoms with Crippen molar-refractivity contribution in [3.05, 3.63) is 0 Å². The summed E-state index contributed by atoms with van der Waals surface area (Å²) in [5, 5.41) is 3.18. The van der Waals surface area contributed by atoms with E-state index in [-0.39, 0.29) is 0 Å². The molecule has 0 aromatic heterocycles. The van der Waals surface area contributed by atoms with Gasteiger partial charge in [0, 0.05) is 13.1 Å². The predicted octanol–water partition coefficient (Wildman–Crippen LogP) is 2.02. The monoisotopic (exact) mass is 228 g/mol. The Bertz CT molecular complexity index is 178. The van der Waals surface area contributed by atoms with E-state index in [0.29, 0.717) is 0 Å². The van der Waals surface area contributed by atoms with Crippen LogP contribution in [0.1, 0.15) is 52.9 Å². The van der Waals surface area contributed by atoms with Crippen LogP contribution in [0.15, 0.2) is 4.99 Å². The second kappa shape index (κ2) is 10.7. The lowest BCUT2D eigenvalue weighted by Gasteiger charge is -2.08. The van der Waals surface area contributed by atoms with Crippen LogP contribution in [0, 0.1) is 5.92 Å². The second-order valence-corrected chi connectivity index (χ2v) is 4.54. The summed E-state index contributed by atoms with van der Waals surface area (Å²) in [4.78, 5) is 4.38. The molecule has 0 fully saturated rings. The van der Waals surface area contributed by atoms with Crippen molar-refractivity contribution >= 4 is 5.96 Å². The van der Waals surface area contributed by atoms with E-state index in [0.717, 1.165) is 37.8 Å². The summed E-state index contributed by atoms with van der Waals surface area (Å²) in [6.45, 7) is 8.46. The van der Waals surface area contributed by atoms with E-state index in [1.54, 1.807) is 0 Å². The number of hydrogen-bond donors (Lipinski definition) is 3. The lowest BCUT2D eigenvalue weighted by atomic mass is 10.1. The molecule has 0 aliphatic rings. The van der Waals surface area contributed by atoms with Crippen molar-refractivity contribution in [2.45, 2.75) is 52.9 Å². The van der Waals surface area contributed by atoms with Crippen molar-refractivity contribution in [1.82, 2.24) is 10.7 Å². The first-order valence-corrected chi connectivity index (χ1v) is 6.45. The van der Waals surface area contributed by atoms with Gasteiger partial charge in [-0.25, -0.2) is 5.84 Å². The van der Waals surface area contributed by atoms with Gasteiger partial charge in [0.05, 0.1) is 0 Å². The molecule has 0 rings (SSSR count). The third kappa shape index (κ3) is 9.77. The summed E-state index contributed by atoms with van der Waals surface area (Å²) in [6, 6.07) is 0. The van der Waals surface area contributed by atoms with Gasteiger partial charge in [0.1, 0.15) is 0 Å². The molecular formula is C12H28N4. The number of hydrazine groups is 1. The van der Waals surface area contributed by atoms with Gasteiger partial charge < -0.3 is 5.32 Å². The Hall–Kier alpha value is -0.770. The minimum Gasteiger partial charge on any atom is -0.355 e. The highest BCUT2D eigenvalue weighted by Crippen LogP contribution is 2.05. The third-order valence-corrected chi connectivity index (χ3v) is 2.42. The van der Waals surface area contributed by atoms with Gasteiger partial charge in [-0.05, 0) is 18.8 Å². The zero-order valence-corrected chi connectivity index (χ0v) is 11.1. The molecule has 0 amide bonds. The van der Waals surface area contributed by atoms with Crippen LogP contribution in [-0.4, -0.2) is 19.0 Å². The topological polar surface area (TPSA) is 62.4 Å². The average molecular weight is 228 g/mol. The highest BCUT2D eigenvalue weighted by molar-refractivity contribution is 5.79. The minimum absolute atomic E-state index is 0.720. The Labute approximate surface area is 100 Å². The minimum atomic E-state index is 0.720. The molecule has 0 saturated carbocycles. The van der Waals surface area contributed by atoms with E-state index < -0.39 is 0 Å². The second-order valence-electron chi connectivity index (χ2n) is 4.54. The fraction of sp³-hybridized carbons (Fsp3) is 0.917. The van der Waals surface area contributed by atoms with Gasteiger partial charge in [-0.1, -0.05) is 40.0 Å².